The second-order valence-corrected chi connectivity index (χ2v) is 5.93. The van der Waals surface area contributed by atoms with Crippen LogP contribution in [0.25, 0.3) is 11.3 Å². The van der Waals surface area contributed by atoms with Crippen LogP contribution in [0.4, 0.5) is 0 Å². The van der Waals surface area contributed by atoms with E-state index in [1.165, 1.54) is 22.3 Å². The maximum atomic E-state index is 9.97. The quantitative estimate of drug-likeness (QED) is 0.883. The van der Waals surface area contributed by atoms with Crippen molar-refractivity contribution in [1.29, 1.82) is 0 Å². The van der Waals surface area contributed by atoms with Crippen molar-refractivity contribution in [2.75, 3.05) is 0 Å². The van der Waals surface area contributed by atoms with Gasteiger partial charge in [-0.1, -0.05) is 37.1 Å². The van der Waals surface area contributed by atoms with E-state index in [0.29, 0.717) is 6.42 Å². The smallest absolute Gasteiger partial charge is 0.0710 e. The minimum Gasteiger partial charge on any atom is -0.393 e. The zero-order valence-corrected chi connectivity index (χ0v) is 13.5. The van der Waals surface area contributed by atoms with E-state index in [0.717, 1.165) is 24.2 Å². The molecule has 0 spiro atoms. The third-order valence-corrected chi connectivity index (χ3v) is 3.81. The van der Waals surface area contributed by atoms with E-state index in [4.69, 9.17) is 4.98 Å². The number of hydrogen-bond acceptors (Lipinski definition) is 2. The lowest BCUT2D eigenvalue weighted by atomic mass is 9.96. The van der Waals surface area contributed by atoms with Gasteiger partial charge in [-0.25, -0.2) is 0 Å². The number of hydrogen-bond donors (Lipinski definition) is 1. The molecule has 0 aliphatic heterocycles. The van der Waals surface area contributed by atoms with Crippen LogP contribution in [0.15, 0.2) is 30.3 Å². The van der Waals surface area contributed by atoms with Crippen molar-refractivity contribution in [3.63, 3.8) is 0 Å². The number of benzene rings is 1. The van der Waals surface area contributed by atoms with Crippen LogP contribution in [-0.4, -0.2) is 16.2 Å². The summed E-state index contributed by atoms with van der Waals surface area (Å²) in [6.07, 6.45) is 2.16. The van der Waals surface area contributed by atoms with Crippen LogP contribution in [0.2, 0.25) is 0 Å². The Hall–Kier alpha value is -1.67. The van der Waals surface area contributed by atoms with Gasteiger partial charge >= 0.3 is 0 Å². The Morgan fingerprint density at radius 3 is 2.38 bits per heavy atom. The van der Waals surface area contributed by atoms with Gasteiger partial charge in [0.15, 0.2) is 0 Å². The van der Waals surface area contributed by atoms with Crippen molar-refractivity contribution in [3.8, 4) is 11.3 Å². The summed E-state index contributed by atoms with van der Waals surface area (Å²) >= 11 is 0. The molecule has 0 saturated carbocycles. The third kappa shape index (κ3) is 3.92. The second-order valence-electron chi connectivity index (χ2n) is 5.93. The molecule has 112 valence electrons. The molecule has 1 N–H and O–H groups in total. The van der Waals surface area contributed by atoms with Crippen LogP contribution in [0.3, 0.4) is 0 Å². The van der Waals surface area contributed by atoms with Gasteiger partial charge in [-0.15, -0.1) is 0 Å². The van der Waals surface area contributed by atoms with E-state index < -0.39 is 0 Å². The van der Waals surface area contributed by atoms with Crippen molar-refractivity contribution >= 4 is 0 Å². The first-order valence-corrected chi connectivity index (χ1v) is 7.73. The molecule has 1 aromatic heterocycles. The van der Waals surface area contributed by atoms with E-state index in [2.05, 4.69) is 45.9 Å². The molecular formula is C19H25NO. The van der Waals surface area contributed by atoms with Crippen LogP contribution >= 0.6 is 0 Å². The minimum atomic E-state index is -0.294. The lowest BCUT2D eigenvalue weighted by Crippen LogP contribution is -2.11. The Kier molecular flexibility index (Phi) is 5.13. The molecule has 0 unspecified atom stereocenters. The Morgan fingerprint density at radius 1 is 1.10 bits per heavy atom. The van der Waals surface area contributed by atoms with Gasteiger partial charge in [0.25, 0.3) is 0 Å². The molecule has 1 atom stereocenters. The van der Waals surface area contributed by atoms with Crippen molar-refractivity contribution in [3.05, 3.63) is 52.7 Å². The standard InChI is InChI=1S/C19H25NO/c1-5-7-17(21)12-16-8-6-9-18(20-16)19-14(3)10-13(2)11-15(19)4/h6,8-11,17,21H,5,7,12H2,1-4H3/t17-/m1/s1. The number of aryl methyl sites for hydroxylation is 3. The van der Waals surface area contributed by atoms with Gasteiger partial charge in [0.05, 0.1) is 11.8 Å². The van der Waals surface area contributed by atoms with Gasteiger partial charge in [0.2, 0.25) is 0 Å². The summed E-state index contributed by atoms with van der Waals surface area (Å²) in [5.41, 5.74) is 6.98. The highest BCUT2D eigenvalue weighted by molar-refractivity contribution is 5.68. The number of rotatable bonds is 5. The summed E-state index contributed by atoms with van der Waals surface area (Å²) < 4.78 is 0. The normalized spacial score (nSPS) is 12.4. The molecule has 0 aliphatic carbocycles. The minimum absolute atomic E-state index is 0.294. The fraction of sp³-hybridized carbons (Fsp3) is 0.421. The zero-order chi connectivity index (χ0) is 15.4. The van der Waals surface area contributed by atoms with Crippen LogP contribution in [-0.2, 0) is 6.42 Å². The fourth-order valence-corrected chi connectivity index (χ4v) is 2.99. The van der Waals surface area contributed by atoms with Crippen molar-refractivity contribution < 1.29 is 5.11 Å². The Balaban J connectivity index is 2.33. The lowest BCUT2D eigenvalue weighted by Gasteiger charge is -2.13. The third-order valence-electron chi connectivity index (χ3n) is 3.81. The molecule has 21 heavy (non-hydrogen) atoms. The fourth-order valence-electron chi connectivity index (χ4n) is 2.99. The molecule has 0 bridgehead atoms. The van der Waals surface area contributed by atoms with E-state index in [1.807, 2.05) is 12.1 Å². The Labute approximate surface area is 127 Å². The first-order valence-electron chi connectivity index (χ1n) is 7.73. The van der Waals surface area contributed by atoms with Crippen molar-refractivity contribution in [1.82, 2.24) is 4.98 Å². The monoisotopic (exact) mass is 283 g/mol. The topological polar surface area (TPSA) is 33.1 Å². The SMILES string of the molecule is CCC[C@@H](O)Cc1cccc(-c2c(C)cc(C)cc2C)n1. The summed E-state index contributed by atoms with van der Waals surface area (Å²) in [4.78, 5) is 4.76. The number of pyridine rings is 1. The molecule has 2 aromatic rings. The van der Waals surface area contributed by atoms with Gasteiger partial charge in [-0.3, -0.25) is 4.98 Å². The van der Waals surface area contributed by atoms with Gasteiger partial charge in [0.1, 0.15) is 0 Å². The van der Waals surface area contributed by atoms with Crippen molar-refractivity contribution in [2.24, 2.45) is 0 Å². The zero-order valence-electron chi connectivity index (χ0n) is 13.5. The molecule has 0 radical (unpaired) electrons. The number of aromatic nitrogens is 1. The van der Waals surface area contributed by atoms with Crippen molar-refractivity contribution in [2.45, 2.75) is 53.1 Å². The number of aliphatic hydroxyl groups is 1. The van der Waals surface area contributed by atoms with Gasteiger partial charge in [-0.05, 0) is 50.5 Å². The van der Waals surface area contributed by atoms with Crippen LogP contribution in [0.1, 0.15) is 42.1 Å². The largest absolute Gasteiger partial charge is 0.393 e. The van der Waals surface area contributed by atoms with Gasteiger partial charge in [-0.2, -0.15) is 0 Å². The van der Waals surface area contributed by atoms with Gasteiger partial charge in [0, 0.05) is 17.7 Å². The average molecular weight is 283 g/mol. The van der Waals surface area contributed by atoms with Gasteiger partial charge < -0.3 is 5.11 Å². The number of nitrogens with zero attached hydrogens (tertiary/aromatic N) is 1. The highest BCUT2D eigenvalue weighted by atomic mass is 16.3. The molecule has 0 amide bonds. The van der Waals surface area contributed by atoms with Crippen LogP contribution in [0, 0.1) is 20.8 Å². The molecule has 0 aliphatic rings. The summed E-state index contributed by atoms with van der Waals surface area (Å²) in [5.74, 6) is 0. The predicted octanol–water partition coefficient (Wildman–Crippen LogP) is 4.38. The summed E-state index contributed by atoms with van der Waals surface area (Å²) in [5, 5.41) is 9.97. The molecule has 1 heterocycles. The number of aliphatic hydroxyl groups excluding tert-OH is 1. The maximum Gasteiger partial charge on any atom is 0.0710 e. The Morgan fingerprint density at radius 2 is 1.76 bits per heavy atom. The highest BCUT2D eigenvalue weighted by Crippen LogP contribution is 2.27. The highest BCUT2D eigenvalue weighted by Gasteiger charge is 2.10. The Bertz CT molecular complexity index is 596. The average Bonchev–Trinajstić information content (AvgIpc) is 2.38. The molecule has 2 rings (SSSR count). The van der Waals surface area contributed by atoms with E-state index in [9.17, 15) is 5.11 Å². The second kappa shape index (κ2) is 6.86. The van der Waals surface area contributed by atoms with E-state index >= 15 is 0 Å². The lowest BCUT2D eigenvalue weighted by molar-refractivity contribution is 0.163. The van der Waals surface area contributed by atoms with Crippen LogP contribution < -0.4 is 0 Å². The molecule has 2 heteroatoms. The van der Waals surface area contributed by atoms with E-state index in [-0.39, 0.29) is 6.10 Å². The molecule has 0 saturated heterocycles. The maximum absolute atomic E-state index is 9.97. The summed E-state index contributed by atoms with van der Waals surface area (Å²) in [6.45, 7) is 8.48. The van der Waals surface area contributed by atoms with Crippen LogP contribution in [0.5, 0.6) is 0 Å². The summed E-state index contributed by atoms with van der Waals surface area (Å²) in [7, 11) is 0. The molecule has 1 aromatic carbocycles. The summed E-state index contributed by atoms with van der Waals surface area (Å²) in [6, 6.07) is 10.5. The van der Waals surface area contributed by atoms with E-state index in [1.54, 1.807) is 0 Å². The molecular weight excluding hydrogens is 258 g/mol. The predicted molar refractivity (Wildman–Crippen MR) is 88.5 cm³/mol. The molecule has 0 fully saturated rings. The first kappa shape index (κ1) is 15.7. The molecule has 2 nitrogen and oxygen atoms in total. The first-order chi connectivity index (χ1) is 10.0.